The molecule has 1 N–H and O–H groups in total. The summed E-state index contributed by atoms with van der Waals surface area (Å²) in [4.78, 5) is 6.61. The predicted octanol–water partition coefficient (Wildman–Crippen LogP) is 2.61. The smallest absolute Gasteiger partial charge is 0.147 e. The molecule has 3 nitrogen and oxygen atoms in total. The average Bonchev–Trinajstić information content (AvgIpc) is 2.30. The number of halogens is 1. The summed E-state index contributed by atoms with van der Waals surface area (Å²) in [7, 11) is 0. The Kier molecular flexibility index (Phi) is 3.66. The Hall–Kier alpha value is -0.800. The number of hydrogen-bond donors (Lipinski definition) is 1. The molecule has 2 rings (SSSR count). The van der Waals surface area contributed by atoms with Crippen molar-refractivity contribution in [2.45, 2.75) is 38.8 Å². The Morgan fingerprint density at radius 2 is 2.38 bits per heavy atom. The number of nitrogens with zero attached hydrogens (tertiary/aromatic N) is 2. The highest BCUT2D eigenvalue weighted by Gasteiger charge is 2.21. The van der Waals surface area contributed by atoms with E-state index in [0.717, 1.165) is 17.9 Å². The molecule has 1 aliphatic rings. The molecule has 0 aromatic carbocycles. The number of aromatic nitrogens is 1. The first kappa shape index (κ1) is 11.7. The van der Waals surface area contributed by atoms with Crippen LogP contribution in [0.15, 0.2) is 12.3 Å². The van der Waals surface area contributed by atoms with Crippen molar-refractivity contribution in [3.63, 3.8) is 0 Å². The average molecular weight is 241 g/mol. The van der Waals surface area contributed by atoms with E-state index in [-0.39, 0.29) is 6.61 Å². The first-order valence-electron chi connectivity index (χ1n) is 5.74. The van der Waals surface area contributed by atoms with Crippen LogP contribution in [-0.2, 0) is 6.61 Å². The van der Waals surface area contributed by atoms with Crippen molar-refractivity contribution in [3.8, 4) is 0 Å². The van der Waals surface area contributed by atoms with Crippen LogP contribution in [0.25, 0.3) is 0 Å². The Balaban J connectivity index is 2.25. The van der Waals surface area contributed by atoms with Crippen LogP contribution in [0.1, 0.15) is 31.7 Å². The Bertz CT molecular complexity index is 370. The molecule has 1 atom stereocenters. The van der Waals surface area contributed by atoms with Gasteiger partial charge in [-0.15, -0.1) is 0 Å². The van der Waals surface area contributed by atoms with Gasteiger partial charge in [-0.2, -0.15) is 0 Å². The van der Waals surface area contributed by atoms with E-state index in [1.165, 1.54) is 19.3 Å². The molecule has 1 saturated heterocycles. The SMILES string of the molecule is CC1CCCCN1c1ncc(CO)cc1Cl. The van der Waals surface area contributed by atoms with Gasteiger partial charge in [0.05, 0.1) is 11.6 Å². The zero-order valence-corrected chi connectivity index (χ0v) is 10.2. The number of hydrogen-bond acceptors (Lipinski definition) is 3. The van der Waals surface area contributed by atoms with Crippen LogP contribution in [-0.4, -0.2) is 22.7 Å². The maximum atomic E-state index is 9.00. The van der Waals surface area contributed by atoms with Crippen LogP contribution >= 0.6 is 11.6 Å². The molecule has 0 saturated carbocycles. The van der Waals surface area contributed by atoms with Crippen LogP contribution in [0.3, 0.4) is 0 Å². The lowest BCUT2D eigenvalue weighted by molar-refractivity contribution is 0.281. The van der Waals surface area contributed by atoms with Crippen molar-refractivity contribution in [1.29, 1.82) is 0 Å². The summed E-state index contributed by atoms with van der Waals surface area (Å²) in [6.45, 7) is 3.21. The molecular weight excluding hydrogens is 224 g/mol. The van der Waals surface area contributed by atoms with Gasteiger partial charge in [0.15, 0.2) is 0 Å². The highest BCUT2D eigenvalue weighted by molar-refractivity contribution is 6.33. The van der Waals surface area contributed by atoms with Crippen molar-refractivity contribution < 1.29 is 5.11 Å². The number of pyridine rings is 1. The minimum Gasteiger partial charge on any atom is -0.392 e. The maximum absolute atomic E-state index is 9.00. The highest BCUT2D eigenvalue weighted by atomic mass is 35.5. The second-order valence-corrected chi connectivity index (χ2v) is 4.75. The van der Waals surface area contributed by atoms with E-state index in [4.69, 9.17) is 16.7 Å². The quantitative estimate of drug-likeness (QED) is 0.863. The van der Waals surface area contributed by atoms with Gasteiger partial charge in [0.2, 0.25) is 0 Å². The normalized spacial score (nSPS) is 21.2. The second-order valence-electron chi connectivity index (χ2n) is 4.35. The van der Waals surface area contributed by atoms with Crippen LogP contribution in [0.2, 0.25) is 5.02 Å². The molecule has 0 spiro atoms. The fraction of sp³-hybridized carbons (Fsp3) is 0.583. The number of rotatable bonds is 2. The van der Waals surface area contributed by atoms with Gasteiger partial charge in [-0.3, -0.25) is 0 Å². The molecule has 1 unspecified atom stereocenters. The summed E-state index contributed by atoms with van der Waals surface area (Å²) >= 11 is 6.19. The predicted molar refractivity (Wildman–Crippen MR) is 65.8 cm³/mol. The highest BCUT2D eigenvalue weighted by Crippen LogP contribution is 2.29. The molecule has 2 heterocycles. The third kappa shape index (κ3) is 2.30. The van der Waals surface area contributed by atoms with Gasteiger partial charge in [-0.1, -0.05) is 11.6 Å². The number of aliphatic hydroxyl groups is 1. The molecule has 0 bridgehead atoms. The van der Waals surface area contributed by atoms with Gasteiger partial charge < -0.3 is 10.0 Å². The number of aliphatic hydroxyl groups excluding tert-OH is 1. The lowest BCUT2D eigenvalue weighted by Crippen LogP contribution is -2.38. The van der Waals surface area contributed by atoms with E-state index in [0.29, 0.717) is 11.1 Å². The number of piperidine rings is 1. The third-order valence-corrected chi connectivity index (χ3v) is 3.41. The second kappa shape index (κ2) is 5.02. The van der Waals surface area contributed by atoms with E-state index < -0.39 is 0 Å². The molecular formula is C12H17ClN2O. The van der Waals surface area contributed by atoms with Crippen LogP contribution in [0.5, 0.6) is 0 Å². The fourth-order valence-corrected chi connectivity index (χ4v) is 2.48. The topological polar surface area (TPSA) is 36.4 Å². The summed E-state index contributed by atoms with van der Waals surface area (Å²) in [5.41, 5.74) is 0.762. The first-order chi connectivity index (χ1) is 7.72. The summed E-state index contributed by atoms with van der Waals surface area (Å²) in [6, 6.07) is 2.30. The zero-order valence-electron chi connectivity index (χ0n) is 9.49. The molecule has 1 fully saturated rings. The minimum absolute atomic E-state index is 0.0114. The van der Waals surface area contributed by atoms with Gasteiger partial charge >= 0.3 is 0 Å². The van der Waals surface area contributed by atoms with Gasteiger partial charge in [0.25, 0.3) is 0 Å². The lowest BCUT2D eigenvalue weighted by atomic mass is 10.0. The summed E-state index contributed by atoms with van der Waals surface area (Å²) in [5.74, 6) is 0.853. The van der Waals surface area contributed by atoms with E-state index in [1.54, 1.807) is 12.3 Å². The van der Waals surface area contributed by atoms with Crippen molar-refractivity contribution in [2.24, 2.45) is 0 Å². The first-order valence-corrected chi connectivity index (χ1v) is 6.12. The van der Waals surface area contributed by atoms with Crippen LogP contribution in [0.4, 0.5) is 5.82 Å². The third-order valence-electron chi connectivity index (χ3n) is 3.14. The molecule has 0 aliphatic carbocycles. The zero-order chi connectivity index (χ0) is 11.5. The Morgan fingerprint density at radius 3 is 3.00 bits per heavy atom. The Morgan fingerprint density at radius 1 is 1.56 bits per heavy atom. The van der Waals surface area contributed by atoms with Gasteiger partial charge in [-0.05, 0) is 37.8 Å². The number of anilines is 1. The fourth-order valence-electron chi connectivity index (χ4n) is 2.18. The summed E-state index contributed by atoms with van der Waals surface area (Å²) < 4.78 is 0. The minimum atomic E-state index is -0.0114. The van der Waals surface area contributed by atoms with E-state index >= 15 is 0 Å². The standard InChI is InChI=1S/C12H17ClN2O/c1-9-4-2-3-5-15(9)12-11(13)6-10(8-16)7-14-12/h6-7,9,16H,2-5,8H2,1H3. The summed E-state index contributed by atoms with van der Waals surface area (Å²) in [5, 5.41) is 9.64. The van der Waals surface area contributed by atoms with Crippen molar-refractivity contribution >= 4 is 17.4 Å². The molecule has 16 heavy (non-hydrogen) atoms. The van der Waals surface area contributed by atoms with E-state index in [9.17, 15) is 0 Å². The molecule has 1 aliphatic heterocycles. The van der Waals surface area contributed by atoms with Crippen molar-refractivity contribution in [1.82, 2.24) is 4.98 Å². The van der Waals surface area contributed by atoms with Crippen molar-refractivity contribution in [2.75, 3.05) is 11.4 Å². The van der Waals surface area contributed by atoms with E-state index in [2.05, 4.69) is 16.8 Å². The van der Waals surface area contributed by atoms with Gasteiger partial charge in [0, 0.05) is 18.8 Å². The largest absolute Gasteiger partial charge is 0.392 e. The van der Waals surface area contributed by atoms with E-state index in [1.807, 2.05) is 0 Å². The maximum Gasteiger partial charge on any atom is 0.147 e. The lowest BCUT2D eigenvalue weighted by Gasteiger charge is -2.34. The Labute approximate surface area is 101 Å². The van der Waals surface area contributed by atoms with Crippen LogP contribution < -0.4 is 4.90 Å². The molecule has 4 heteroatoms. The molecule has 0 amide bonds. The molecule has 1 aromatic heterocycles. The molecule has 0 radical (unpaired) electrons. The monoisotopic (exact) mass is 240 g/mol. The van der Waals surface area contributed by atoms with Gasteiger partial charge in [-0.25, -0.2) is 4.98 Å². The molecule has 1 aromatic rings. The summed E-state index contributed by atoms with van der Waals surface area (Å²) in [6.07, 6.45) is 5.37. The van der Waals surface area contributed by atoms with Crippen molar-refractivity contribution in [3.05, 3.63) is 22.8 Å². The van der Waals surface area contributed by atoms with Gasteiger partial charge in [0.1, 0.15) is 5.82 Å². The van der Waals surface area contributed by atoms with Crippen LogP contribution in [0, 0.1) is 0 Å². The molecule has 88 valence electrons.